The van der Waals surface area contributed by atoms with Gasteiger partial charge in [0.2, 0.25) is 0 Å². The topological polar surface area (TPSA) is 69.1 Å². The van der Waals surface area contributed by atoms with Gasteiger partial charge >= 0.3 is 0 Å². The molecule has 0 aromatic carbocycles. The van der Waals surface area contributed by atoms with Gasteiger partial charge in [-0.25, -0.2) is 0 Å². The van der Waals surface area contributed by atoms with Crippen LogP contribution in [-0.2, 0) is 4.74 Å². The summed E-state index contributed by atoms with van der Waals surface area (Å²) < 4.78 is 6.19. The van der Waals surface area contributed by atoms with Crippen LogP contribution in [0.5, 0.6) is 0 Å². The number of halogens is 2. The third-order valence-corrected chi connectivity index (χ3v) is 5.97. The van der Waals surface area contributed by atoms with E-state index in [2.05, 4.69) is 29.6 Å². The number of hydrogen-bond donors (Lipinski definition) is 3. The summed E-state index contributed by atoms with van der Waals surface area (Å²) in [5.74, 6) is 0.719. The first-order valence-electron chi connectivity index (χ1n) is 8.67. The Labute approximate surface area is 182 Å². The molecule has 6 nitrogen and oxygen atoms in total. The van der Waals surface area contributed by atoms with Crippen LogP contribution in [0.1, 0.15) is 30.7 Å². The number of rotatable bonds is 7. The van der Waals surface area contributed by atoms with Crippen LogP contribution in [0.25, 0.3) is 0 Å². The van der Waals surface area contributed by atoms with Crippen LogP contribution in [0, 0.1) is 0 Å². The highest BCUT2D eigenvalue weighted by molar-refractivity contribution is 14.0. The maximum absolute atomic E-state index is 10.3. The number of aliphatic hydroxyl groups is 1. The van der Waals surface area contributed by atoms with Crippen molar-refractivity contribution in [3.05, 3.63) is 21.3 Å². The third kappa shape index (κ3) is 6.79. The lowest BCUT2D eigenvalue weighted by Gasteiger charge is -2.41. The van der Waals surface area contributed by atoms with Crippen LogP contribution in [0.2, 0.25) is 4.34 Å². The van der Waals surface area contributed by atoms with E-state index >= 15 is 0 Å². The van der Waals surface area contributed by atoms with Crippen molar-refractivity contribution in [2.75, 3.05) is 46.9 Å². The number of hydrogen-bond acceptors (Lipinski definition) is 5. The van der Waals surface area contributed by atoms with Crippen molar-refractivity contribution >= 4 is 52.9 Å². The third-order valence-electron chi connectivity index (χ3n) is 4.63. The first kappa shape index (κ1) is 23.9. The Hall–Kier alpha value is -0.130. The van der Waals surface area contributed by atoms with Gasteiger partial charge in [0.05, 0.1) is 10.9 Å². The Balaban J connectivity index is 0.00000338. The second-order valence-electron chi connectivity index (χ2n) is 6.46. The molecule has 1 fully saturated rings. The number of nitrogens with zero attached hydrogens (tertiary/aromatic N) is 2. The molecule has 1 unspecified atom stereocenters. The van der Waals surface area contributed by atoms with Gasteiger partial charge in [-0.1, -0.05) is 11.6 Å². The minimum Gasteiger partial charge on any atom is -0.386 e. The molecule has 1 atom stereocenters. The van der Waals surface area contributed by atoms with Gasteiger partial charge in [0, 0.05) is 36.7 Å². The Kier molecular flexibility index (Phi) is 10.7. The van der Waals surface area contributed by atoms with Crippen LogP contribution in [0.4, 0.5) is 0 Å². The van der Waals surface area contributed by atoms with Gasteiger partial charge in [-0.15, -0.1) is 35.3 Å². The van der Waals surface area contributed by atoms with Crippen LogP contribution in [-0.4, -0.2) is 68.4 Å². The number of aliphatic hydroxyl groups excluding tert-OH is 1. The fourth-order valence-electron chi connectivity index (χ4n) is 2.87. The van der Waals surface area contributed by atoms with Crippen LogP contribution >= 0.6 is 46.9 Å². The summed E-state index contributed by atoms with van der Waals surface area (Å²) in [5.41, 5.74) is 0.0283. The van der Waals surface area contributed by atoms with Gasteiger partial charge < -0.3 is 25.4 Å². The minimum atomic E-state index is -0.604. The van der Waals surface area contributed by atoms with Crippen LogP contribution in [0.3, 0.4) is 0 Å². The van der Waals surface area contributed by atoms with E-state index in [1.54, 1.807) is 6.07 Å². The Morgan fingerprint density at radius 3 is 2.62 bits per heavy atom. The van der Waals surface area contributed by atoms with Gasteiger partial charge in [-0.05, 0) is 46.0 Å². The summed E-state index contributed by atoms with van der Waals surface area (Å²) >= 11 is 7.33. The number of ether oxygens (including phenoxy) is 1. The van der Waals surface area contributed by atoms with Gasteiger partial charge in [-0.2, -0.15) is 0 Å². The molecule has 1 aliphatic heterocycles. The normalized spacial score (nSPS) is 18.3. The Bertz CT molecular complexity index is 565. The van der Waals surface area contributed by atoms with Crippen molar-refractivity contribution in [2.45, 2.75) is 31.4 Å². The summed E-state index contributed by atoms with van der Waals surface area (Å²) in [7, 11) is 4.21. The predicted octanol–water partition coefficient (Wildman–Crippen LogP) is 2.72. The molecule has 2 heterocycles. The number of likely N-dealkylation sites (N-methyl/N-ethyl adjacent to an activating group) is 1. The SMILES string of the molecule is CCNC(=NCC1(N(C)C)CCOCC1)NCC(O)c1ccc(Cl)s1.I. The lowest BCUT2D eigenvalue weighted by molar-refractivity contribution is -0.00255. The van der Waals surface area contributed by atoms with E-state index in [0.717, 1.165) is 43.4 Å². The highest BCUT2D eigenvalue weighted by Crippen LogP contribution is 2.27. The maximum Gasteiger partial charge on any atom is 0.191 e. The zero-order chi connectivity index (χ0) is 18.3. The maximum atomic E-state index is 10.3. The van der Waals surface area contributed by atoms with Gasteiger partial charge in [0.1, 0.15) is 6.10 Å². The zero-order valence-electron chi connectivity index (χ0n) is 15.6. The monoisotopic (exact) mass is 516 g/mol. The second kappa shape index (κ2) is 11.7. The van der Waals surface area contributed by atoms with E-state index in [1.807, 2.05) is 13.0 Å². The standard InChI is InChI=1S/C17H29ClN4O2S.HI/c1-4-19-16(20-11-13(23)14-5-6-15(18)25-14)21-12-17(22(2)3)7-9-24-10-8-17;/h5-6,13,23H,4,7-12H2,1-3H3,(H2,19,20,21);1H. The molecule has 9 heteroatoms. The number of guanidine groups is 1. The van der Waals surface area contributed by atoms with Gasteiger partial charge in [-0.3, -0.25) is 4.99 Å². The summed E-state index contributed by atoms with van der Waals surface area (Å²) in [5, 5.41) is 16.8. The van der Waals surface area contributed by atoms with E-state index < -0.39 is 6.10 Å². The summed E-state index contributed by atoms with van der Waals surface area (Å²) in [6.07, 6.45) is 1.34. The molecular formula is C17H30ClIN4O2S. The highest BCUT2D eigenvalue weighted by atomic mass is 127. The molecule has 1 aromatic rings. The predicted molar refractivity (Wildman–Crippen MR) is 120 cm³/mol. The number of nitrogens with one attached hydrogen (secondary N) is 2. The lowest BCUT2D eigenvalue weighted by Crippen LogP contribution is -2.52. The Morgan fingerprint density at radius 2 is 2.08 bits per heavy atom. The minimum absolute atomic E-state index is 0. The second-order valence-corrected chi connectivity index (χ2v) is 8.21. The highest BCUT2D eigenvalue weighted by Gasteiger charge is 2.34. The number of thiophene rings is 1. The van der Waals surface area contributed by atoms with E-state index in [1.165, 1.54) is 11.3 Å². The molecule has 150 valence electrons. The van der Waals surface area contributed by atoms with Crippen molar-refractivity contribution in [1.82, 2.24) is 15.5 Å². The van der Waals surface area contributed by atoms with Gasteiger partial charge in [0.25, 0.3) is 0 Å². The molecule has 1 saturated heterocycles. The summed E-state index contributed by atoms with van der Waals surface area (Å²) in [6.45, 7) is 5.43. The van der Waals surface area contributed by atoms with Crippen molar-refractivity contribution in [1.29, 1.82) is 0 Å². The fourth-order valence-corrected chi connectivity index (χ4v) is 3.91. The molecule has 0 radical (unpaired) electrons. The molecule has 0 spiro atoms. The molecule has 3 N–H and O–H groups in total. The quantitative estimate of drug-likeness (QED) is 0.295. The van der Waals surface area contributed by atoms with E-state index in [0.29, 0.717) is 17.4 Å². The molecule has 2 rings (SSSR count). The molecular weight excluding hydrogens is 487 g/mol. The van der Waals surface area contributed by atoms with E-state index in [-0.39, 0.29) is 29.5 Å². The number of aliphatic imine (C=N–C) groups is 1. The average molecular weight is 517 g/mol. The van der Waals surface area contributed by atoms with E-state index in [4.69, 9.17) is 21.3 Å². The van der Waals surface area contributed by atoms with Crippen molar-refractivity contribution in [2.24, 2.45) is 4.99 Å². The first-order valence-corrected chi connectivity index (χ1v) is 9.87. The van der Waals surface area contributed by atoms with Crippen molar-refractivity contribution in [3.8, 4) is 0 Å². The summed E-state index contributed by atoms with van der Waals surface area (Å²) in [6, 6.07) is 3.66. The van der Waals surface area contributed by atoms with Crippen molar-refractivity contribution < 1.29 is 9.84 Å². The lowest BCUT2D eigenvalue weighted by atomic mass is 9.89. The fraction of sp³-hybridized carbons (Fsp3) is 0.706. The zero-order valence-corrected chi connectivity index (χ0v) is 19.5. The molecule has 0 bridgehead atoms. The van der Waals surface area contributed by atoms with Crippen LogP contribution < -0.4 is 10.6 Å². The van der Waals surface area contributed by atoms with E-state index in [9.17, 15) is 5.11 Å². The largest absolute Gasteiger partial charge is 0.386 e. The smallest absolute Gasteiger partial charge is 0.191 e. The van der Waals surface area contributed by atoms with Crippen molar-refractivity contribution in [3.63, 3.8) is 0 Å². The average Bonchev–Trinajstić information content (AvgIpc) is 3.04. The molecule has 26 heavy (non-hydrogen) atoms. The van der Waals surface area contributed by atoms with Crippen LogP contribution in [0.15, 0.2) is 17.1 Å². The van der Waals surface area contributed by atoms with Gasteiger partial charge in [0.15, 0.2) is 5.96 Å². The molecule has 0 aliphatic carbocycles. The molecule has 0 saturated carbocycles. The summed E-state index contributed by atoms with van der Waals surface area (Å²) in [4.78, 5) is 7.87. The first-order chi connectivity index (χ1) is 12.0. The molecule has 0 amide bonds. The Morgan fingerprint density at radius 1 is 1.38 bits per heavy atom. The molecule has 1 aromatic heterocycles. The molecule has 1 aliphatic rings.